The van der Waals surface area contributed by atoms with E-state index in [0.717, 1.165) is 31.0 Å². The maximum atomic E-state index is 12.2. The second-order valence-electron chi connectivity index (χ2n) is 6.24. The predicted octanol–water partition coefficient (Wildman–Crippen LogP) is 3.02. The van der Waals surface area contributed by atoms with Crippen molar-refractivity contribution in [1.29, 1.82) is 0 Å². The number of halogens is 2. The van der Waals surface area contributed by atoms with E-state index in [0.29, 0.717) is 12.0 Å². The van der Waals surface area contributed by atoms with Crippen LogP contribution >= 0.6 is 0 Å². The average Bonchev–Trinajstić information content (AvgIpc) is 3.01. The molecule has 4 unspecified atom stereocenters. The van der Waals surface area contributed by atoms with Crippen molar-refractivity contribution in [2.24, 2.45) is 17.6 Å². The van der Waals surface area contributed by atoms with Gasteiger partial charge in [-0.3, -0.25) is 4.90 Å². The van der Waals surface area contributed by atoms with Crippen LogP contribution in [-0.2, 0) is 0 Å². The molecule has 116 valence electrons. The molecule has 0 amide bonds. The summed E-state index contributed by atoms with van der Waals surface area (Å²) in [6.07, 6.45) is 2.38. The normalized spacial score (nSPS) is 30.6. The molecule has 2 aliphatic rings. The molecule has 1 aliphatic heterocycles. The first-order valence-electron chi connectivity index (χ1n) is 7.59. The van der Waals surface area contributed by atoms with E-state index < -0.39 is 6.61 Å². The SMILES string of the molecule is CC(c1ccc(OC(F)F)cc1)N1CC2CCC(N)C2C1. The van der Waals surface area contributed by atoms with Crippen molar-refractivity contribution in [1.82, 2.24) is 4.90 Å². The number of nitrogens with zero attached hydrogens (tertiary/aromatic N) is 1. The highest BCUT2D eigenvalue weighted by Gasteiger charge is 2.42. The van der Waals surface area contributed by atoms with E-state index in [9.17, 15) is 8.78 Å². The summed E-state index contributed by atoms with van der Waals surface area (Å²) in [5.74, 6) is 1.55. The number of benzene rings is 1. The minimum absolute atomic E-state index is 0.210. The first kappa shape index (κ1) is 14.7. The van der Waals surface area contributed by atoms with Crippen LogP contribution < -0.4 is 10.5 Å². The molecule has 1 saturated heterocycles. The Morgan fingerprint density at radius 2 is 1.90 bits per heavy atom. The van der Waals surface area contributed by atoms with E-state index in [2.05, 4.69) is 16.6 Å². The molecule has 1 aliphatic carbocycles. The van der Waals surface area contributed by atoms with Gasteiger partial charge in [0.25, 0.3) is 0 Å². The average molecular weight is 296 g/mol. The number of nitrogens with two attached hydrogens (primary N) is 1. The topological polar surface area (TPSA) is 38.5 Å². The van der Waals surface area contributed by atoms with Gasteiger partial charge in [0.2, 0.25) is 0 Å². The third-order valence-electron chi connectivity index (χ3n) is 5.08. The molecule has 0 spiro atoms. The van der Waals surface area contributed by atoms with Crippen LogP contribution in [-0.4, -0.2) is 30.6 Å². The van der Waals surface area contributed by atoms with Gasteiger partial charge < -0.3 is 10.5 Å². The summed E-state index contributed by atoms with van der Waals surface area (Å²) in [7, 11) is 0. The van der Waals surface area contributed by atoms with E-state index >= 15 is 0 Å². The molecule has 3 nitrogen and oxygen atoms in total. The maximum absolute atomic E-state index is 12.2. The Morgan fingerprint density at radius 1 is 1.19 bits per heavy atom. The standard InChI is InChI=1S/C16H22F2N2O/c1-10(11-2-5-13(6-3-11)21-16(17)18)20-8-12-4-7-15(19)14(12)9-20/h2-3,5-6,10,12,14-16H,4,7-9,19H2,1H3. The molecule has 0 aromatic heterocycles. The van der Waals surface area contributed by atoms with Crippen molar-refractivity contribution in [3.63, 3.8) is 0 Å². The summed E-state index contributed by atoms with van der Waals surface area (Å²) in [5, 5.41) is 0. The number of hydrogen-bond donors (Lipinski definition) is 1. The zero-order valence-electron chi connectivity index (χ0n) is 12.2. The smallest absolute Gasteiger partial charge is 0.387 e. The van der Waals surface area contributed by atoms with E-state index in [-0.39, 0.29) is 11.8 Å². The van der Waals surface area contributed by atoms with Gasteiger partial charge in [-0.25, -0.2) is 0 Å². The minimum atomic E-state index is -2.77. The molecular weight excluding hydrogens is 274 g/mol. The van der Waals surface area contributed by atoms with Gasteiger partial charge in [0.1, 0.15) is 5.75 Å². The van der Waals surface area contributed by atoms with Gasteiger partial charge in [0.05, 0.1) is 0 Å². The molecule has 0 bridgehead atoms. The summed E-state index contributed by atoms with van der Waals surface area (Å²) >= 11 is 0. The second kappa shape index (κ2) is 5.89. The van der Waals surface area contributed by atoms with Gasteiger partial charge >= 0.3 is 6.61 Å². The van der Waals surface area contributed by atoms with Gasteiger partial charge in [-0.15, -0.1) is 0 Å². The molecule has 2 fully saturated rings. The Bertz CT molecular complexity index is 480. The highest BCUT2D eigenvalue weighted by Crippen LogP contribution is 2.40. The zero-order chi connectivity index (χ0) is 15.0. The Kier molecular flexibility index (Phi) is 4.13. The number of ether oxygens (including phenoxy) is 1. The molecule has 1 heterocycles. The summed E-state index contributed by atoms with van der Waals surface area (Å²) < 4.78 is 28.7. The lowest BCUT2D eigenvalue weighted by Gasteiger charge is -2.26. The van der Waals surface area contributed by atoms with Gasteiger partial charge in [-0.2, -0.15) is 8.78 Å². The Labute approximate surface area is 124 Å². The molecular formula is C16H22F2N2O. The van der Waals surface area contributed by atoms with E-state index in [1.54, 1.807) is 12.1 Å². The Balaban J connectivity index is 1.64. The number of alkyl halides is 2. The van der Waals surface area contributed by atoms with Crippen LogP contribution in [0.2, 0.25) is 0 Å². The van der Waals surface area contributed by atoms with E-state index in [1.165, 1.54) is 6.42 Å². The molecule has 1 aromatic carbocycles. The largest absolute Gasteiger partial charge is 0.435 e. The van der Waals surface area contributed by atoms with Crippen molar-refractivity contribution in [2.45, 2.75) is 38.5 Å². The van der Waals surface area contributed by atoms with Crippen LogP contribution in [0.1, 0.15) is 31.4 Å². The first-order chi connectivity index (χ1) is 10.0. The molecule has 0 radical (unpaired) electrons. The second-order valence-corrected chi connectivity index (χ2v) is 6.24. The quantitative estimate of drug-likeness (QED) is 0.928. The number of fused-ring (bicyclic) bond motifs is 1. The van der Waals surface area contributed by atoms with Crippen molar-refractivity contribution in [3.05, 3.63) is 29.8 Å². The van der Waals surface area contributed by atoms with Gasteiger partial charge in [0.15, 0.2) is 0 Å². The maximum Gasteiger partial charge on any atom is 0.387 e. The molecule has 1 saturated carbocycles. The third kappa shape index (κ3) is 3.04. The van der Waals surface area contributed by atoms with Crippen molar-refractivity contribution < 1.29 is 13.5 Å². The molecule has 5 heteroatoms. The van der Waals surface area contributed by atoms with Crippen LogP contribution in [0.15, 0.2) is 24.3 Å². The summed E-state index contributed by atoms with van der Waals surface area (Å²) in [5.41, 5.74) is 7.30. The van der Waals surface area contributed by atoms with Gasteiger partial charge in [-0.1, -0.05) is 12.1 Å². The molecule has 1 aromatic rings. The van der Waals surface area contributed by atoms with Crippen LogP contribution in [0.3, 0.4) is 0 Å². The van der Waals surface area contributed by atoms with Crippen molar-refractivity contribution in [2.75, 3.05) is 13.1 Å². The number of hydrogen-bond acceptors (Lipinski definition) is 3. The highest BCUT2D eigenvalue weighted by molar-refractivity contribution is 5.29. The summed E-state index contributed by atoms with van der Waals surface area (Å²) in [4.78, 5) is 2.46. The number of rotatable bonds is 4. The Morgan fingerprint density at radius 3 is 2.52 bits per heavy atom. The van der Waals surface area contributed by atoms with E-state index in [4.69, 9.17) is 5.73 Å². The molecule has 4 atom stereocenters. The van der Waals surface area contributed by atoms with Crippen molar-refractivity contribution in [3.8, 4) is 5.75 Å². The predicted molar refractivity (Wildman–Crippen MR) is 77.3 cm³/mol. The minimum Gasteiger partial charge on any atom is -0.435 e. The first-order valence-corrected chi connectivity index (χ1v) is 7.59. The fourth-order valence-electron chi connectivity index (χ4n) is 3.80. The number of likely N-dealkylation sites (tertiary alicyclic amines) is 1. The van der Waals surface area contributed by atoms with Crippen LogP contribution in [0.25, 0.3) is 0 Å². The lowest BCUT2D eigenvalue weighted by atomic mass is 9.98. The molecule has 3 rings (SSSR count). The lowest BCUT2D eigenvalue weighted by Crippen LogP contribution is -2.31. The molecule has 21 heavy (non-hydrogen) atoms. The summed E-state index contributed by atoms with van der Waals surface area (Å²) in [6.45, 7) is 1.53. The van der Waals surface area contributed by atoms with Crippen LogP contribution in [0, 0.1) is 11.8 Å². The lowest BCUT2D eigenvalue weighted by molar-refractivity contribution is -0.0498. The van der Waals surface area contributed by atoms with Gasteiger partial charge in [0, 0.05) is 25.2 Å². The fourth-order valence-corrected chi connectivity index (χ4v) is 3.80. The van der Waals surface area contributed by atoms with E-state index in [1.807, 2.05) is 12.1 Å². The fraction of sp³-hybridized carbons (Fsp3) is 0.625. The Hall–Kier alpha value is -1.20. The van der Waals surface area contributed by atoms with Crippen LogP contribution in [0.4, 0.5) is 8.78 Å². The monoisotopic (exact) mass is 296 g/mol. The zero-order valence-corrected chi connectivity index (χ0v) is 12.2. The highest BCUT2D eigenvalue weighted by atomic mass is 19.3. The van der Waals surface area contributed by atoms with Crippen molar-refractivity contribution >= 4 is 0 Å². The molecule has 2 N–H and O–H groups in total. The van der Waals surface area contributed by atoms with Gasteiger partial charge in [-0.05, 0) is 49.3 Å². The summed E-state index contributed by atoms with van der Waals surface area (Å²) in [6, 6.07) is 7.59. The van der Waals surface area contributed by atoms with Crippen LogP contribution in [0.5, 0.6) is 5.75 Å². The third-order valence-corrected chi connectivity index (χ3v) is 5.08.